The SMILES string of the molecule is O=C(NCC1(C(=O)O)CC1)c1cnccn1. The Bertz CT molecular complexity index is 415. The van der Waals surface area contributed by atoms with E-state index in [4.69, 9.17) is 5.11 Å². The van der Waals surface area contributed by atoms with Crippen molar-refractivity contribution in [1.29, 1.82) is 0 Å². The molecule has 2 N–H and O–H groups in total. The molecule has 2 rings (SSSR count). The summed E-state index contributed by atoms with van der Waals surface area (Å²) < 4.78 is 0. The van der Waals surface area contributed by atoms with E-state index in [1.165, 1.54) is 18.6 Å². The lowest BCUT2D eigenvalue weighted by Gasteiger charge is -2.10. The number of carboxylic acid groups (broad SMARTS) is 1. The van der Waals surface area contributed by atoms with Crippen molar-refractivity contribution in [1.82, 2.24) is 15.3 Å². The molecule has 1 aliphatic rings. The van der Waals surface area contributed by atoms with Crippen molar-refractivity contribution in [3.63, 3.8) is 0 Å². The maximum absolute atomic E-state index is 11.5. The second-order valence-electron chi connectivity index (χ2n) is 3.86. The van der Waals surface area contributed by atoms with Crippen LogP contribution in [-0.4, -0.2) is 33.5 Å². The van der Waals surface area contributed by atoms with Gasteiger partial charge in [0.1, 0.15) is 5.69 Å². The molecule has 0 spiro atoms. The average molecular weight is 221 g/mol. The second kappa shape index (κ2) is 3.88. The first kappa shape index (κ1) is 10.5. The van der Waals surface area contributed by atoms with Crippen LogP contribution in [0.15, 0.2) is 18.6 Å². The van der Waals surface area contributed by atoms with E-state index in [-0.39, 0.29) is 18.1 Å². The van der Waals surface area contributed by atoms with Crippen LogP contribution in [0.2, 0.25) is 0 Å². The Morgan fingerprint density at radius 3 is 2.69 bits per heavy atom. The first-order valence-electron chi connectivity index (χ1n) is 4.92. The zero-order valence-electron chi connectivity index (χ0n) is 8.51. The van der Waals surface area contributed by atoms with Crippen molar-refractivity contribution < 1.29 is 14.7 Å². The first-order chi connectivity index (χ1) is 7.64. The summed E-state index contributed by atoms with van der Waals surface area (Å²) in [5.74, 6) is -1.24. The Kier molecular flexibility index (Phi) is 2.55. The number of nitrogens with one attached hydrogen (secondary N) is 1. The Morgan fingerprint density at radius 1 is 1.44 bits per heavy atom. The predicted octanol–water partition coefficient (Wildman–Crippen LogP) is 0.0712. The average Bonchev–Trinajstić information content (AvgIpc) is 3.08. The highest BCUT2D eigenvalue weighted by atomic mass is 16.4. The lowest BCUT2D eigenvalue weighted by molar-refractivity contribution is -0.143. The van der Waals surface area contributed by atoms with Crippen LogP contribution in [-0.2, 0) is 4.79 Å². The Morgan fingerprint density at radius 2 is 2.19 bits per heavy atom. The summed E-state index contributed by atoms with van der Waals surface area (Å²) in [5, 5.41) is 11.5. The summed E-state index contributed by atoms with van der Waals surface area (Å²) >= 11 is 0. The van der Waals surface area contributed by atoms with Gasteiger partial charge in [0.2, 0.25) is 0 Å². The minimum absolute atomic E-state index is 0.151. The van der Waals surface area contributed by atoms with Gasteiger partial charge in [0.05, 0.1) is 11.6 Å². The molecule has 0 saturated heterocycles. The summed E-state index contributed by atoms with van der Waals surface area (Å²) in [6.45, 7) is 0.151. The van der Waals surface area contributed by atoms with Gasteiger partial charge in [-0.3, -0.25) is 14.6 Å². The Hall–Kier alpha value is -1.98. The Balaban J connectivity index is 1.92. The van der Waals surface area contributed by atoms with E-state index in [1.54, 1.807) is 0 Å². The third-order valence-electron chi connectivity index (χ3n) is 2.69. The molecule has 0 radical (unpaired) electrons. The maximum atomic E-state index is 11.5. The van der Waals surface area contributed by atoms with Gasteiger partial charge >= 0.3 is 5.97 Å². The molecule has 1 heterocycles. The van der Waals surface area contributed by atoms with Crippen LogP contribution in [0.3, 0.4) is 0 Å². The van der Waals surface area contributed by atoms with Crippen molar-refractivity contribution in [3.8, 4) is 0 Å². The third-order valence-corrected chi connectivity index (χ3v) is 2.69. The molecule has 1 fully saturated rings. The number of nitrogens with zero attached hydrogens (tertiary/aromatic N) is 2. The van der Waals surface area contributed by atoms with Gasteiger partial charge < -0.3 is 10.4 Å². The van der Waals surface area contributed by atoms with E-state index in [0.717, 1.165) is 0 Å². The monoisotopic (exact) mass is 221 g/mol. The van der Waals surface area contributed by atoms with E-state index in [9.17, 15) is 9.59 Å². The molecule has 0 aromatic carbocycles. The van der Waals surface area contributed by atoms with Crippen LogP contribution in [0, 0.1) is 5.41 Å². The predicted molar refractivity (Wildman–Crippen MR) is 53.7 cm³/mol. The summed E-state index contributed by atoms with van der Waals surface area (Å²) in [7, 11) is 0. The number of carbonyl (C=O) groups is 2. The minimum Gasteiger partial charge on any atom is -0.481 e. The normalized spacial score (nSPS) is 16.5. The highest BCUT2D eigenvalue weighted by molar-refractivity contribution is 5.92. The smallest absolute Gasteiger partial charge is 0.311 e. The number of carbonyl (C=O) groups excluding carboxylic acids is 1. The molecule has 0 bridgehead atoms. The first-order valence-corrected chi connectivity index (χ1v) is 4.92. The van der Waals surface area contributed by atoms with E-state index in [2.05, 4.69) is 15.3 Å². The molecule has 0 atom stereocenters. The van der Waals surface area contributed by atoms with Gasteiger partial charge in [0.25, 0.3) is 5.91 Å². The number of amides is 1. The third kappa shape index (κ3) is 2.00. The summed E-state index contributed by atoms with van der Waals surface area (Å²) in [4.78, 5) is 30.0. The van der Waals surface area contributed by atoms with Gasteiger partial charge in [-0.15, -0.1) is 0 Å². The fraction of sp³-hybridized carbons (Fsp3) is 0.400. The molecule has 1 aliphatic carbocycles. The van der Waals surface area contributed by atoms with Crippen LogP contribution in [0.5, 0.6) is 0 Å². The summed E-state index contributed by atoms with van der Waals surface area (Å²) in [6, 6.07) is 0. The fourth-order valence-corrected chi connectivity index (χ4v) is 1.37. The van der Waals surface area contributed by atoms with Crippen LogP contribution in [0.1, 0.15) is 23.3 Å². The number of hydrogen-bond donors (Lipinski definition) is 2. The van der Waals surface area contributed by atoms with Crippen molar-refractivity contribution >= 4 is 11.9 Å². The van der Waals surface area contributed by atoms with Crippen LogP contribution in [0.25, 0.3) is 0 Å². The van der Waals surface area contributed by atoms with Crippen molar-refractivity contribution in [2.75, 3.05) is 6.54 Å². The molecule has 1 aromatic heterocycles. The standard InChI is InChI=1S/C10H11N3O3/c14-8(7-5-11-3-4-12-7)13-6-10(1-2-10)9(15)16/h3-5H,1-2,6H2,(H,13,14)(H,15,16). The molecule has 1 aromatic rings. The number of carboxylic acids is 1. The lowest BCUT2D eigenvalue weighted by Crippen LogP contribution is -2.34. The van der Waals surface area contributed by atoms with Crippen molar-refractivity contribution in [2.45, 2.75) is 12.8 Å². The lowest BCUT2D eigenvalue weighted by atomic mass is 10.1. The van der Waals surface area contributed by atoms with Gasteiger partial charge in [-0.05, 0) is 12.8 Å². The van der Waals surface area contributed by atoms with Gasteiger partial charge in [-0.1, -0.05) is 0 Å². The minimum atomic E-state index is -0.855. The molecule has 16 heavy (non-hydrogen) atoms. The number of rotatable bonds is 4. The second-order valence-corrected chi connectivity index (χ2v) is 3.86. The molecular weight excluding hydrogens is 210 g/mol. The van der Waals surface area contributed by atoms with Gasteiger partial charge in [-0.2, -0.15) is 0 Å². The molecule has 1 amide bonds. The number of hydrogen-bond acceptors (Lipinski definition) is 4. The largest absolute Gasteiger partial charge is 0.481 e. The summed E-state index contributed by atoms with van der Waals surface area (Å²) in [5.41, 5.74) is -0.554. The summed E-state index contributed by atoms with van der Waals surface area (Å²) in [6.07, 6.45) is 5.46. The van der Waals surface area contributed by atoms with E-state index in [1.807, 2.05) is 0 Å². The van der Waals surface area contributed by atoms with Crippen LogP contribution >= 0.6 is 0 Å². The van der Waals surface area contributed by atoms with E-state index >= 15 is 0 Å². The zero-order valence-corrected chi connectivity index (χ0v) is 8.51. The maximum Gasteiger partial charge on any atom is 0.311 e. The quantitative estimate of drug-likeness (QED) is 0.750. The van der Waals surface area contributed by atoms with Gasteiger partial charge in [0, 0.05) is 18.9 Å². The van der Waals surface area contributed by atoms with E-state index in [0.29, 0.717) is 12.8 Å². The molecular formula is C10H11N3O3. The van der Waals surface area contributed by atoms with E-state index < -0.39 is 11.4 Å². The zero-order chi connectivity index (χ0) is 11.6. The molecule has 1 saturated carbocycles. The van der Waals surface area contributed by atoms with Crippen molar-refractivity contribution in [3.05, 3.63) is 24.3 Å². The fourth-order valence-electron chi connectivity index (χ4n) is 1.37. The molecule has 6 heteroatoms. The van der Waals surface area contributed by atoms with Gasteiger partial charge in [-0.25, -0.2) is 4.98 Å². The number of aliphatic carboxylic acids is 1. The highest BCUT2D eigenvalue weighted by Gasteiger charge is 2.50. The topological polar surface area (TPSA) is 92.2 Å². The molecule has 0 unspecified atom stereocenters. The van der Waals surface area contributed by atoms with Gasteiger partial charge in [0.15, 0.2) is 0 Å². The van der Waals surface area contributed by atoms with Crippen LogP contribution in [0.4, 0.5) is 0 Å². The Labute approximate surface area is 91.7 Å². The van der Waals surface area contributed by atoms with Crippen molar-refractivity contribution in [2.24, 2.45) is 5.41 Å². The molecule has 0 aliphatic heterocycles. The molecule has 6 nitrogen and oxygen atoms in total. The molecule has 84 valence electrons. The number of aromatic nitrogens is 2. The highest BCUT2D eigenvalue weighted by Crippen LogP contribution is 2.45. The van der Waals surface area contributed by atoms with Crippen LogP contribution < -0.4 is 5.32 Å².